The Kier molecular flexibility index (Phi) is 8.24. The highest BCUT2D eigenvalue weighted by atomic mass is 35.5. The molecular formula is C24H25Cl2NO2. The molecule has 0 aliphatic heterocycles. The van der Waals surface area contributed by atoms with E-state index in [1.165, 1.54) is 5.56 Å². The lowest BCUT2D eigenvalue weighted by Crippen LogP contribution is -2.17. The maximum atomic E-state index is 6.51. The Hall–Kier alpha value is -2.20. The third kappa shape index (κ3) is 6.40. The lowest BCUT2D eigenvalue weighted by atomic mass is 10.1. The predicted octanol–water partition coefficient (Wildman–Crippen LogP) is 6.30. The summed E-state index contributed by atoms with van der Waals surface area (Å²) < 4.78 is 11.7. The quantitative estimate of drug-likeness (QED) is 0.383. The van der Waals surface area contributed by atoms with E-state index in [4.69, 9.17) is 32.7 Å². The molecule has 0 bridgehead atoms. The van der Waals surface area contributed by atoms with Crippen molar-refractivity contribution in [2.24, 2.45) is 0 Å². The topological polar surface area (TPSA) is 30.5 Å². The zero-order chi connectivity index (χ0) is 20.5. The van der Waals surface area contributed by atoms with Gasteiger partial charge in [0.2, 0.25) is 0 Å². The van der Waals surface area contributed by atoms with Crippen molar-refractivity contribution < 1.29 is 9.47 Å². The first kappa shape index (κ1) is 21.5. The van der Waals surface area contributed by atoms with Gasteiger partial charge in [0.05, 0.1) is 6.61 Å². The summed E-state index contributed by atoms with van der Waals surface area (Å²) in [5, 5.41) is 4.77. The maximum absolute atomic E-state index is 6.51. The third-order valence-corrected chi connectivity index (χ3v) is 5.22. The fourth-order valence-electron chi connectivity index (χ4n) is 2.97. The number of nitrogens with one attached hydrogen (secondary N) is 1. The molecule has 1 N–H and O–H groups in total. The van der Waals surface area contributed by atoms with Crippen LogP contribution in [-0.2, 0) is 19.6 Å². The molecule has 0 unspecified atom stereocenters. The minimum absolute atomic E-state index is 0.352. The summed E-state index contributed by atoms with van der Waals surface area (Å²) in [6, 6.07) is 21.8. The average Bonchev–Trinajstić information content (AvgIpc) is 2.74. The third-order valence-electron chi connectivity index (χ3n) is 4.50. The largest absolute Gasteiger partial charge is 0.490 e. The van der Waals surface area contributed by atoms with Crippen molar-refractivity contribution in [2.75, 3.05) is 13.2 Å². The molecule has 0 aromatic heterocycles. The van der Waals surface area contributed by atoms with Crippen molar-refractivity contribution in [3.05, 3.63) is 93.5 Å². The monoisotopic (exact) mass is 429 g/mol. The summed E-state index contributed by atoms with van der Waals surface area (Å²) in [6.07, 6.45) is 0.968. The molecule has 3 nitrogen and oxygen atoms in total. The van der Waals surface area contributed by atoms with E-state index in [2.05, 4.69) is 29.6 Å². The Morgan fingerprint density at radius 2 is 1.52 bits per heavy atom. The van der Waals surface area contributed by atoms with Crippen molar-refractivity contribution in [3.8, 4) is 11.5 Å². The molecule has 0 heterocycles. The molecule has 0 atom stereocenters. The second kappa shape index (κ2) is 11.1. The summed E-state index contributed by atoms with van der Waals surface area (Å²) in [5.74, 6) is 1.30. The molecule has 0 aliphatic carbocycles. The summed E-state index contributed by atoms with van der Waals surface area (Å²) in [4.78, 5) is 0. The van der Waals surface area contributed by atoms with E-state index in [1.54, 1.807) is 0 Å². The zero-order valence-corrected chi connectivity index (χ0v) is 18.0. The van der Waals surface area contributed by atoms with Crippen LogP contribution in [-0.4, -0.2) is 13.2 Å². The fourth-order valence-corrected chi connectivity index (χ4v) is 3.38. The van der Waals surface area contributed by atoms with Gasteiger partial charge in [-0.1, -0.05) is 71.7 Å². The van der Waals surface area contributed by atoms with Gasteiger partial charge in [-0.3, -0.25) is 0 Å². The van der Waals surface area contributed by atoms with E-state index >= 15 is 0 Å². The molecule has 3 aromatic rings. The van der Waals surface area contributed by atoms with Gasteiger partial charge in [0.1, 0.15) is 6.61 Å². The second-order valence-electron chi connectivity index (χ2n) is 6.62. The molecule has 0 aliphatic rings. The summed E-state index contributed by atoms with van der Waals surface area (Å²) >= 11 is 12.7. The Morgan fingerprint density at radius 3 is 2.28 bits per heavy atom. The van der Waals surface area contributed by atoms with Crippen molar-refractivity contribution >= 4 is 23.2 Å². The van der Waals surface area contributed by atoms with Gasteiger partial charge in [0.15, 0.2) is 11.5 Å². The summed E-state index contributed by atoms with van der Waals surface area (Å²) in [7, 11) is 0. The van der Waals surface area contributed by atoms with Crippen LogP contribution in [0.3, 0.4) is 0 Å². The second-order valence-corrected chi connectivity index (χ2v) is 7.43. The highest BCUT2D eigenvalue weighted by molar-refractivity contribution is 6.31. The molecule has 0 amide bonds. The number of hydrogen-bond acceptors (Lipinski definition) is 3. The number of hydrogen-bond donors (Lipinski definition) is 1. The molecule has 3 rings (SSSR count). The van der Waals surface area contributed by atoms with Crippen LogP contribution in [0.2, 0.25) is 10.0 Å². The van der Waals surface area contributed by atoms with Crippen LogP contribution in [0.4, 0.5) is 0 Å². The van der Waals surface area contributed by atoms with Crippen LogP contribution in [0, 0.1) is 0 Å². The van der Waals surface area contributed by atoms with Crippen LogP contribution in [0.5, 0.6) is 11.5 Å². The van der Waals surface area contributed by atoms with Crippen LogP contribution < -0.4 is 14.8 Å². The minimum atomic E-state index is 0.352. The molecule has 0 saturated carbocycles. The number of benzene rings is 3. The number of rotatable bonds is 10. The lowest BCUT2D eigenvalue weighted by Gasteiger charge is -2.16. The Balaban J connectivity index is 1.63. The van der Waals surface area contributed by atoms with Crippen LogP contribution in [0.15, 0.2) is 66.7 Å². The highest BCUT2D eigenvalue weighted by Crippen LogP contribution is 2.34. The van der Waals surface area contributed by atoms with E-state index in [-0.39, 0.29) is 0 Å². The summed E-state index contributed by atoms with van der Waals surface area (Å²) in [6.45, 7) is 4.38. The zero-order valence-electron chi connectivity index (χ0n) is 16.5. The van der Waals surface area contributed by atoms with E-state index in [9.17, 15) is 0 Å². The first-order chi connectivity index (χ1) is 14.2. The molecule has 0 fully saturated rings. The molecule has 0 saturated heterocycles. The van der Waals surface area contributed by atoms with E-state index in [0.717, 1.165) is 24.1 Å². The van der Waals surface area contributed by atoms with Crippen LogP contribution in [0.25, 0.3) is 0 Å². The number of halogens is 2. The van der Waals surface area contributed by atoms with Crippen molar-refractivity contribution in [1.29, 1.82) is 0 Å². The van der Waals surface area contributed by atoms with E-state index in [0.29, 0.717) is 41.3 Å². The Morgan fingerprint density at radius 1 is 0.793 bits per heavy atom. The van der Waals surface area contributed by atoms with Crippen LogP contribution in [0.1, 0.15) is 23.6 Å². The Labute approximate surface area is 182 Å². The van der Waals surface area contributed by atoms with Crippen molar-refractivity contribution in [2.45, 2.75) is 26.5 Å². The smallest absolute Gasteiger partial charge is 0.163 e. The lowest BCUT2D eigenvalue weighted by molar-refractivity contribution is 0.269. The van der Waals surface area contributed by atoms with Crippen molar-refractivity contribution in [1.82, 2.24) is 5.32 Å². The Bertz CT molecular complexity index is 916. The molecule has 29 heavy (non-hydrogen) atoms. The predicted molar refractivity (Wildman–Crippen MR) is 120 cm³/mol. The van der Waals surface area contributed by atoms with Gasteiger partial charge < -0.3 is 14.8 Å². The molecule has 5 heteroatoms. The first-order valence-corrected chi connectivity index (χ1v) is 10.5. The molecule has 0 spiro atoms. The highest BCUT2D eigenvalue weighted by Gasteiger charge is 2.12. The normalized spacial score (nSPS) is 10.7. The van der Waals surface area contributed by atoms with E-state index in [1.807, 2.05) is 49.4 Å². The summed E-state index contributed by atoms with van der Waals surface area (Å²) in [5.41, 5.74) is 3.21. The maximum Gasteiger partial charge on any atom is 0.163 e. The molecular weight excluding hydrogens is 405 g/mol. The molecule has 0 radical (unpaired) electrons. The molecule has 152 valence electrons. The van der Waals surface area contributed by atoms with Gasteiger partial charge in [-0.15, -0.1) is 0 Å². The minimum Gasteiger partial charge on any atom is -0.490 e. The van der Waals surface area contributed by atoms with Gasteiger partial charge >= 0.3 is 0 Å². The van der Waals surface area contributed by atoms with Gasteiger partial charge in [0, 0.05) is 28.2 Å². The SMILES string of the molecule is CCOc1cc(CNCCc2ccccc2)c(Cl)cc1OCc1ccccc1Cl. The fraction of sp³-hybridized carbons (Fsp3) is 0.250. The van der Waals surface area contributed by atoms with Gasteiger partial charge in [0.25, 0.3) is 0 Å². The van der Waals surface area contributed by atoms with Gasteiger partial charge in [-0.25, -0.2) is 0 Å². The van der Waals surface area contributed by atoms with Gasteiger partial charge in [-0.05, 0) is 43.1 Å². The first-order valence-electron chi connectivity index (χ1n) is 9.73. The standard InChI is InChI=1S/C24H25Cl2NO2/c1-2-28-23-14-20(16-27-13-12-18-8-4-3-5-9-18)22(26)15-24(23)29-17-19-10-6-7-11-21(19)25/h3-11,14-15,27H,2,12-13,16-17H2,1H3. The number of ether oxygens (including phenoxy) is 2. The van der Waals surface area contributed by atoms with E-state index < -0.39 is 0 Å². The van der Waals surface area contributed by atoms with Gasteiger partial charge in [-0.2, -0.15) is 0 Å². The molecule has 3 aromatic carbocycles. The van der Waals surface area contributed by atoms with Crippen LogP contribution >= 0.6 is 23.2 Å². The average molecular weight is 430 g/mol. The van der Waals surface area contributed by atoms with Crippen molar-refractivity contribution in [3.63, 3.8) is 0 Å².